The largest absolute Gasteiger partial charge is 0.384 e. The predicted octanol–water partition coefficient (Wildman–Crippen LogP) is 5.52. The second-order valence-electron chi connectivity index (χ2n) is 9.13. The molecule has 0 atom stereocenters. The zero-order valence-electron chi connectivity index (χ0n) is 20.1. The Balaban J connectivity index is 0.000000186. The minimum absolute atomic E-state index is 0.812. The lowest BCUT2D eigenvalue weighted by Gasteiger charge is -2.26. The molecule has 1 aliphatic rings. The van der Waals surface area contributed by atoms with Gasteiger partial charge in [0, 0.05) is 38.3 Å². The summed E-state index contributed by atoms with van der Waals surface area (Å²) in [5.41, 5.74) is 2.22. The molecule has 5 nitrogen and oxygen atoms in total. The van der Waals surface area contributed by atoms with E-state index in [0.29, 0.717) is 0 Å². The molecule has 3 aromatic rings. The van der Waals surface area contributed by atoms with E-state index >= 15 is 0 Å². The lowest BCUT2D eigenvalue weighted by Crippen LogP contribution is -2.29. The zero-order valence-corrected chi connectivity index (χ0v) is 20.1. The van der Waals surface area contributed by atoms with Crippen molar-refractivity contribution in [3.8, 4) is 0 Å². The normalized spacial score (nSPS) is 18.0. The lowest BCUT2D eigenvalue weighted by molar-refractivity contribution is 0.283. The van der Waals surface area contributed by atoms with E-state index in [2.05, 4.69) is 51.8 Å². The Bertz CT molecular complexity index is 933. The number of para-hydroxylation sites is 2. The Hall–Kier alpha value is -2.66. The van der Waals surface area contributed by atoms with Crippen molar-refractivity contribution in [2.24, 2.45) is 11.8 Å². The van der Waals surface area contributed by atoms with Crippen LogP contribution in [0.1, 0.15) is 38.4 Å². The lowest BCUT2D eigenvalue weighted by atomic mass is 9.83. The quantitative estimate of drug-likeness (QED) is 0.481. The van der Waals surface area contributed by atoms with Crippen LogP contribution in [0.5, 0.6) is 0 Å². The maximum Gasteiger partial charge on any atom is 0.139 e. The van der Waals surface area contributed by atoms with Gasteiger partial charge in [0.25, 0.3) is 0 Å². The molecule has 5 heteroatoms. The summed E-state index contributed by atoms with van der Waals surface area (Å²) in [6, 6.07) is 18.5. The third-order valence-corrected chi connectivity index (χ3v) is 6.09. The number of hydrogen-bond acceptors (Lipinski definition) is 5. The molecule has 0 saturated heterocycles. The highest BCUT2D eigenvalue weighted by atomic mass is 15.1. The fraction of sp³-hybridized carbons (Fsp3) is 0.481. The van der Waals surface area contributed by atoms with Crippen LogP contribution in [0, 0.1) is 18.8 Å². The van der Waals surface area contributed by atoms with E-state index in [-0.39, 0.29) is 0 Å². The van der Waals surface area contributed by atoms with Crippen LogP contribution in [0.15, 0.2) is 54.6 Å². The summed E-state index contributed by atoms with van der Waals surface area (Å²) in [7, 11) is 3.99. The van der Waals surface area contributed by atoms with Gasteiger partial charge in [0.15, 0.2) is 0 Å². The molecule has 0 radical (unpaired) electrons. The van der Waals surface area contributed by atoms with Crippen LogP contribution >= 0.6 is 0 Å². The number of aromatic nitrogens is 2. The van der Waals surface area contributed by atoms with Crippen LogP contribution in [0.3, 0.4) is 0 Å². The molecule has 1 aliphatic carbocycles. The van der Waals surface area contributed by atoms with Gasteiger partial charge < -0.3 is 15.5 Å². The second-order valence-corrected chi connectivity index (χ2v) is 9.13. The molecule has 2 N–H and O–H groups in total. The third-order valence-electron chi connectivity index (χ3n) is 6.09. The average Bonchev–Trinajstić information content (AvgIpc) is 2.80. The molecular weight excluding hydrogens is 394 g/mol. The van der Waals surface area contributed by atoms with Gasteiger partial charge in [-0.15, -0.1) is 0 Å². The summed E-state index contributed by atoms with van der Waals surface area (Å²) in [5.74, 6) is 3.67. The third kappa shape index (κ3) is 7.49. The highest BCUT2D eigenvalue weighted by molar-refractivity contribution is 5.89. The van der Waals surface area contributed by atoms with Crippen LogP contribution in [0.4, 0.5) is 11.5 Å². The summed E-state index contributed by atoms with van der Waals surface area (Å²) in [4.78, 5) is 10.8. The molecule has 0 aliphatic heterocycles. The molecule has 0 bridgehead atoms. The Morgan fingerprint density at radius 1 is 0.875 bits per heavy atom. The summed E-state index contributed by atoms with van der Waals surface area (Å²) in [6.45, 7) is 7.56. The monoisotopic (exact) mass is 433 g/mol. The topological polar surface area (TPSA) is 53.1 Å². The van der Waals surface area contributed by atoms with Gasteiger partial charge in [0.05, 0.1) is 5.52 Å². The Labute approximate surface area is 193 Å². The molecule has 4 rings (SSSR count). The summed E-state index contributed by atoms with van der Waals surface area (Å²) >= 11 is 0. The van der Waals surface area contributed by atoms with Gasteiger partial charge in [-0.2, -0.15) is 0 Å². The van der Waals surface area contributed by atoms with Crippen LogP contribution in [0.2, 0.25) is 0 Å². The van der Waals surface area contributed by atoms with Crippen molar-refractivity contribution in [1.82, 2.24) is 15.3 Å². The van der Waals surface area contributed by atoms with Crippen molar-refractivity contribution in [3.05, 3.63) is 60.4 Å². The number of anilines is 2. The van der Waals surface area contributed by atoms with Gasteiger partial charge in [-0.25, -0.2) is 9.97 Å². The molecular formula is C27H39N5. The molecule has 1 saturated carbocycles. The minimum Gasteiger partial charge on any atom is -0.384 e. The number of nitrogens with one attached hydrogen (secondary N) is 2. The summed E-state index contributed by atoms with van der Waals surface area (Å²) in [6.07, 6.45) is 5.68. The van der Waals surface area contributed by atoms with Crippen LogP contribution < -0.4 is 15.5 Å². The van der Waals surface area contributed by atoms with E-state index in [9.17, 15) is 0 Å². The zero-order chi connectivity index (χ0) is 22.8. The van der Waals surface area contributed by atoms with E-state index in [1.54, 1.807) is 0 Å². The molecule has 1 aromatic heterocycles. The highest BCUT2D eigenvalue weighted by Gasteiger charge is 2.17. The van der Waals surface area contributed by atoms with E-state index in [1.807, 2.05) is 56.3 Å². The standard InChI is InChI=1S/C16H26N2.C11H13N3/c1-14-7-9-15(10-8-14)13-17-11-12-18-16-5-3-2-4-6-16;1-8-12-10-7-5-4-6-9(10)11(13-8)14(2)3/h2-6,14-15,17-18H,7-13H2,1H3;4-7H,1-3H3. The van der Waals surface area contributed by atoms with Gasteiger partial charge in [-0.05, 0) is 62.4 Å². The number of fused-ring (bicyclic) bond motifs is 1. The van der Waals surface area contributed by atoms with Crippen LogP contribution in [-0.2, 0) is 0 Å². The second kappa shape index (κ2) is 12.4. The minimum atomic E-state index is 0.812. The first-order valence-electron chi connectivity index (χ1n) is 11.9. The van der Waals surface area contributed by atoms with Crippen molar-refractivity contribution in [3.63, 3.8) is 0 Å². The van der Waals surface area contributed by atoms with Crippen molar-refractivity contribution in [2.75, 3.05) is 43.9 Å². The molecule has 172 valence electrons. The average molecular weight is 434 g/mol. The highest BCUT2D eigenvalue weighted by Crippen LogP contribution is 2.27. The molecule has 1 heterocycles. The van der Waals surface area contributed by atoms with Crippen LogP contribution in [0.25, 0.3) is 10.9 Å². The maximum absolute atomic E-state index is 4.42. The predicted molar refractivity (Wildman–Crippen MR) is 138 cm³/mol. The molecule has 1 fully saturated rings. The molecule has 0 unspecified atom stereocenters. The Kier molecular flexibility index (Phi) is 9.29. The van der Waals surface area contributed by atoms with Crippen molar-refractivity contribution in [1.29, 1.82) is 0 Å². The fourth-order valence-electron chi connectivity index (χ4n) is 4.20. The van der Waals surface area contributed by atoms with Gasteiger partial charge in [-0.1, -0.05) is 50.1 Å². The van der Waals surface area contributed by atoms with Gasteiger partial charge >= 0.3 is 0 Å². The van der Waals surface area contributed by atoms with Crippen molar-refractivity contribution >= 4 is 22.4 Å². The van der Waals surface area contributed by atoms with Gasteiger partial charge in [-0.3, -0.25) is 0 Å². The molecule has 0 spiro atoms. The fourth-order valence-corrected chi connectivity index (χ4v) is 4.20. The maximum atomic E-state index is 4.42. The van der Waals surface area contributed by atoms with Crippen molar-refractivity contribution < 1.29 is 0 Å². The van der Waals surface area contributed by atoms with Crippen LogP contribution in [-0.4, -0.2) is 43.7 Å². The molecule has 32 heavy (non-hydrogen) atoms. The van der Waals surface area contributed by atoms with E-state index in [1.165, 1.54) is 37.9 Å². The number of hydrogen-bond donors (Lipinski definition) is 2. The first-order valence-corrected chi connectivity index (χ1v) is 11.9. The number of aryl methyl sites for hydroxylation is 1. The first-order chi connectivity index (χ1) is 15.5. The van der Waals surface area contributed by atoms with E-state index in [4.69, 9.17) is 0 Å². The SMILES string of the molecule is CC1CCC(CNCCNc2ccccc2)CC1.Cc1nc(N(C)C)c2ccccc2n1. The number of rotatable bonds is 7. The van der Waals surface area contributed by atoms with Gasteiger partial charge in [0.1, 0.15) is 11.6 Å². The first kappa shape index (κ1) is 24.0. The van der Waals surface area contributed by atoms with E-state index < -0.39 is 0 Å². The number of benzene rings is 2. The van der Waals surface area contributed by atoms with E-state index in [0.717, 1.165) is 47.5 Å². The Morgan fingerprint density at radius 3 is 2.28 bits per heavy atom. The Morgan fingerprint density at radius 2 is 1.56 bits per heavy atom. The smallest absolute Gasteiger partial charge is 0.139 e. The summed E-state index contributed by atoms with van der Waals surface area (Å²) in [5, 5.41) is 8.10. The molecule has 2 aromatic carbocycles. The number of nitrogens with zero attached hydrogens (tertiary/aromatic N) is 3. The van der Waals surface area contributed by atoms with Crippen molar-refractivity contribution in [2.45, 2.75) is 39.5 Å². The van der Waals surface area contributed by atoms with Gasteiger partial charge in [0.2, 0.25) is 0 Å². The summed E-state index contributed by atoms with van der Waals surface area (Å²) < 4.78 is 0. The molecule has 0 amide bonds.